The standard InChI is InChI=1S/C18H33N3/c1-16(2)14-19-11-10-17-8-6-7-9-18(17)15-21(5)13-12-20(3)4/h6-9,16,19H,10-15H2,1-5H3. The van der Waals surface area contributed by atoms with Crippen LogP contribution in [0.1, 0.15) is 25.0 Å². The zero-order valence-corrected chi connectivity index (χ0v) is 14.5. The van der Waals surface area contributed by atoms with E-state index in [0.29, 0.717) is 0 Å². The Kier molecular flexibility index (Phi) is 8.58. The number of nitrogens with zero attached hydrogens (tertiary/aromatic N) is 2. The minimum Gasteiger partial charge on any atom is -0.316 e. The molecular weight excluding hydrogens is 258 g/mol. The number of likely N-dealkylation sites (N-methyl/N-ethyl adjacent to an activating group) is 2. The lowest BCUT2D eigenvalue weighted by molar-refractivity contribution is 0.276. The molecule has 3 heteroatoms. The second-order valence-corrected chi connectivity index (χ2v) is 6.66. The van der Waals surface area contributed by atoms with Gasteiger partial charge in [0, 0.05) is 19.6 Å². The number of nitrogens with one attached hydrogen (secondary N) is 1. The summed E-state index contributed by atoms with van der Waals surface area (Å²) in [7, 11) is 6.46. The van der Waals surface area contributed by atoms with Crippen LogP contribution in [0.25, 0.3) is 0 Å². The van der Waals surface area contributed by atoms with E-state index < -0.39 is 0 Å². The van der Waals surface area contributed by atoms with Crippen LogP contribution in [0.15, 0.2) is 24.3 Å². The van der Waals surface area contributed by atoms with Crippen molar-refractivity contribution >= 4 is 0 Å². The molecule has 1 N–H and O–H groups in total. The van der Waals surface area contributed by atoms with E-state index in [1.54, 1.807) is 0 Å². The molecule has 0 radical (unpaired) electrons. The van der Waals surface area contributed by atoms with Gasteiger partial charge in [-0.3, -0.25) is 0 Å². The molecule has 0 aliphatic carbocycles. The lowest BCUT2D eigenvalue weighted by Crippen LogP contribution is -2.29. The third-order valence-electron chi connectivity index (χ3n) is 3.61. The minimum atomic E-state index is 0.720. The van der Waals surface area contributed by atoms with Gasteiger partial charge >= 0.3 is 0 Å². The number of benzene rings is 1. The molecule has 0 atom stereocenters. The zero-order chi connectivity index (χ0) is 15.7. The molecular formula is C18H33N3. The second kappa shape index (κ2) is 9.93. The molecule has 0 heterocycles. The van der Waals surface area contributed by atoms with Crippen molar-refractivity contribution in [2.45, 2.75) is 26.8 Å². The minimum absolute atomic E-state index is 0.720. The summed E-state index contributed by atoms with van der Waals surface area (Å²) in [5.74, 6) is 0.720. The van der Waals surface area contributed by atoms with Gasteiger partial charge in [0.2, 0.25) is 0 Å². The number of rotatable bonds is 10. The Bertz CT molecular complexity index is 388. The predicted octanol–water partition coefficient (Wildman–Crippen LogP) is 2.47. The van der Waals surface area contributed by atoms with Crippen molar-refractivity contribution in [3.63, 3.8) is 0 Å². The van der Waals surface area contributed by atoms with E-state index in [-0.39, 0.29) is 0 Å². The van der Waals surface area contributed by atoms with Crippen molar-refractivity contribution in [2.75, 3.05) is 47.3 Å². The molecule has 0 unspecified atom stereocenters. The van der Waals surface area contributed by atoms with Gasteiger partial charge < -0.3 is 15.1 Å². The first-order chi connectivity index (χ1) is 9.99. The van der Waals surface area contributed by atoms with E-state index in [0.717, 1.165) is 45.1 Å². The quantitative estimate of drug-likeness (QED) is 0.668. The highest BCUT2D eigenvalue weighted by Crippen LogP contribution is 2.11. The normalized spacial score (nSPS) is 11.8. The number of hydrogen-bond donors (Lipinski definition) is 1. The van der Waals surface area contributed by atoms with Gasteiger partial charge in [0.05, 0.1) is 0 Å². The van der Waals surface area contributed by atoms with Crippen molar-refractivity contribution in [3.05, 3.63) is 35.4 Å². The van der Waals surface area contributed by atoms with Gasteiger partial charge in [-0.15, -0.1) is 0 Å². The van der Waals surface area contributed by atoms with Crippen LogP contribution in [0.2, 0.25) is 0 Å². The maximum atomic E-state index is 3.53. The van der Waals surface area contributed by atoms with Gasteiger partial charge in [0.15, 0.2) is 0 Å². The third-order valence-corrected chi connectivity index (χ3v) is 3.61. The molecule has 1 rings (SSSR count). The van der Waals surface area contributed by atoms with Crippen LogP contribution in [0, 0.1) is 5.92 Å². The Hall–Kier alpha value is -0.900. The van der Waals surface area contributed by atoms with Crippen LogP contribution >= 0.6 is 0 Å². The molecule has 0 saturated carbocycles. The van der Waals surface area contributed by atoms with Crippen LogP contribution in [-0.2, 0) is 13.0 Å². The first-order valence-corrected chi connectivity index (χ1v) is 8.09. The number of hydrogen-bond acceptors (Lipinski definition) is 3. The predicted molar refractivity (Wildman–Crippen MR) is 92.7 cm³/mol. The first kappa shape index (κ1) is 18.1. The van der Waals surface area contributed by atoms with Crippen molar-refractivity contribution in [3.8, 4) is 0 Å². The Labute approximate surface area is 131 Å². The molecule has 0 aliphatic heterocycles. The van der Waals surface area contributed by atoms with E-state index >= 15 is 0 Å². The largest absolute Gasteiger partial charge is 0.316 e. The van der Waals surface area contributed by atoms with Crippen LogP contribution in [0.5, 0.6) is 0 Å². The lowest BCUT2D eigenvalue weighted by Gasteiger charge is -2.21. The summed E-state index contributed by atoms with van der Waals surface area (Å²) in [6.07, 6.45) is 1.12. The summed E-state index contributed by atoms with van der Waals surface area (Å²) in [5.41, 5.74) is 2.94. The van der Waals surface area contributed by atoms with E-state index in [9.17, 15) is 0 Å². The molecule has 1 aromatic carbocycles. The highest BCUT2D eigenvalue weighted by atomic mass is 15.1. The molecule has 0 bridgehead atoms. The van der Waals surface area contributed by atoms with Crippen LogP contribution in [0.3, 0.4) is 0 Å². The van der Waals surface area contributed by atoms with Crippen LogP contribution < -0.4 is 5.32 Å². The fourth-order valence-electron chi connectivity index (χ4n) is 2.31. The van der Waals surface area contributed by atoms with Gasteiger partial charge in [-0.05, 0) is 57.7 Å². The average molecular weight is 291 g/mol. The van der Waals surface area contributed by atoms with Gasteiger partial charge in [-0.2, -0.15) is 0 Å². The van der Waals surface area contributed by atoms with Crippen LogP contribution in [-0.4, -0.2) is 57.1 Å². The Morgan fingerprint density at radius 2 is 1.67 bits per heavy atom. The van der Waals surface area contributed by atoms with Gasteiger partial charge in [-0.25, -0.2) is 0 Å². The summed E-state index contributed by atoms with van der Waals surface area (Å²) in [6.45, 7) is 9.92. The SMILES string of the molecule is CC(C)CNCCc1ccccc1CN(C)CCN(C)C. The van der Waals surface area contributed by atoms with E-state index in [1.165, 1.54) is 11.1 Å². The molecule has 0 saturated heterocycles. The Morgan fingerprint density at radius 3 is 2.29 bits per heavy atom. The molecule has 120 valence electrons. The van der Waals surface area contributed by atoms with Gasteiger partial charge in [0.25, 0.3) is 0 Å². The molecule has 0 aromatic heterocycles. The maximum Gasteiger partial charge on any atom is 0.0233 e. The van der Waals surface area contributed by atoms with Gasteiger partial charge in [-0.1, -0.05) is 38.1 Å². The van der Waals surface area contributed by atoms with Crippen molar-refractivity contribution in [1.82, 2.24) is 15.1 Å². The molecule has 0 fully saturated rings. The smallest absolute Gasteiger partial charge is 0.0233 e. The lowest BCUT2D eigenvalue weighted by atomic mass is 10.0. The fraction of sp³-hybridized carbons (Fsp3) is 0.667. The molecule has 0 aliphatic rings. The molecule has 1 aromatic rings. The first-order valence-electron chi connectivity index (χ1n) is 8.09. The van der Waals surface area contributed by atoms with Crippen LogP contribution in [0.4, 0.5) is 0 Å². The van der Waals surface area contributed by atoms with Crippen molar-refractivity contribution in [1.29, 1.82) is 0 Å². The van der Waals surface area contributed by atoms with E-state index in [2.05, 4.69) is 74.4 Å². The second-order valence-electron chi connectivity index (χ2n) is 6.66. The summed E-state index contributed by atoms with van der Waals surface area (Å²) < 4.78 is 0. The zero-order valence-electron chi connectivity index (χ0n) is 14.5. The Balaban J connectivity index is 2.46. The summed E-state index contributed by atoms with van der Waals surface area (Å²) in [5, 5.41) is 3.53. The third kappa shape index (κ3) is 8.20. The summed E-state index contributed by atoms with van der Waals surface area (Å²) in [4.78, 5) is 4.64. The topological polar surface area (TPSA) is 18.5 Å². The van der Waals surface area contributed by atoms with E-state index in [4.69, 9.17) is 0 Å². The van der Waals surface area contributed by atoms with Crippen molar-refractivity contribution < 1.29 is 0 Å². The summed E-state index contributed by atoms with van der Waals surface area (Å²) >= 11 is 0. The molecule has 21 heavy (non-hydrogen) atoms. The maximum absolute atomic E-state index is 3.53. The molecule has 0 spiro atoms. The monoisotopic (exact) mass is 291 g/mol. The van der Waals surface area contributed by atoms with Gasteiger partial charge in [0.1, 0.15) is 0 Å². The highest BCUT2D eigenvalue weighted by Gasteiger charge is 2.06. The van der Waals surface area contributed by atoms with Crippen molar-refractivity contribution in [2.24, 2.45) is 5.92 Å². The molecule has 3 nitrogen and oxygen atoms in total. The average Bonchev–Trinajstić information content (AvgIpc) is 2.43. The molecule has 0 amide bonds. The van der Waals surface area contributed by atoms with E-state index in [1.807, 2.05) is 0 Å². The highest BCUT2D eigenvalue weighted by molar-refractivity contribution is 5.27. The Morgan fingerprint density at radius 1 is 1.00 bits per heavy atom. The fourth-order valence-corrected chi connectivity index (χ4v) is 2.31. The summed E-state index contributed by atoms with van der Waals surface area (Å²) in [6, 6.07) is 8.84.